The van der Waals surface area contributed by atoms with E-state index in [1.807, 2.05) is 50.2 Å². The van der Waals surface area contributed by atoms with Gasteiger partial charge in [0.25, 0.3) is 0 Å². The third kappa shape index (κ3) is 8.55. The fourth-order valence-corrected chi connectivity index (χ4v) is 4.77. The van der Waals surface area contributed by atoms with Crippen LogP contribution in [0.2, 0.25) is 0 Å². The van der Waals surface area contributed by atoms with Crippen LogP contribution in [0.5, 0.6) is 5.75 Å². The molecule has 0 spiro atoms. The van der Waals surface area contributed by atoms with E-state index in [1.165, 1.54) is 10.6 Å². The molecule has 2 amide bonds. The lowest BCUT2D eigenvalue weighted by molar-refractivity contribution is -0.140. The summed E-state index contributed by atoms with van der Waals surface area (Å²) in [5.74, 6) is 0.283. The Morgan fingerprint density at radius 2 is 1.61 bits per heavy atom. The van der Waals surface area contributed by atoms with Gasteiger partial charge in [0.15, 0.2) is 0 Å². The largest absolute Gasteiger partial charge is 0.497 e. The molecule has 2 aromatic carbocycles. The topological polar surface area (TPSA) is 96.0 Å². The molecule has 0 aliphatic carbocycles. The van der Waals surface area contributed by atoms with Gasteiger partial charge in [0.1, 0.15) is 11.8 Å². The first-order chi connectivity index (χ1) is 17.1. The van der Waals surface area contributed by atoms with E-state index in [4.69, 9.17) is 4.74 Å². The predicted molar refractivity (Wildman–Crippen MR) is 144 cm³/mol. The van der Waals surface area contributed by atoms with Gasteiger partial charge in [0.2, 0.25) is 21.8 Å². The number of methoxy groups -OCH3 is 1. The first-order valence-corrected chi connectivity index (χ1v) is 14.2. The third-order valence-electron chi connectivity index (χ3n) is 6.01. The van der Waals surface area contributed by atoms with E-state index in [0.717, 1.165) is 24.0 Å². The molecule has 8 nitrogen and oxygen atoms in total. The van der Waals surface area contributed by atoms with E-state index < -0.39 is 16.1 Å². The number of nitrogens with zero attached hydrogens (tertiary/aromatic N) is 2. The minimum absolute atomic E-state index is 0.112. The molecule has 0 unspecified atom stereocenters. The highest BCUT2D eigenvalue weighted by molar-refractivity contribution is 7.92. The summed E-state index contributed by atoms with van der Waals surface area (Å²) >= 11 is 0. The number of sulfonamides is 1. The Morgan fingerprint density at radius 1 is 1.00 bits per heavy atom. The van der Waals surface area contributed by atoms with Crippen LogP contribution in [0.25, 0.3) is 0 Å². The average Bonchev–Trinajstić information content (AvgIpc) is 2.87. The third-order valence-corrected chi connectivity index (χ3v) is 7.21. The van der Waals surface area contributed by atoms with Gasteiger partial charge >= 0.3 is 0 Å². The minimum atomic E-state index is -3.52. The van der Waals surface area contributed by atoms with Crippen LogP contribution in [0.1, 0.15) is 51.2 Å². The van der Waals surface area contributed by atoms with Crippen molar-refractivity contribution in [1.82, 2.24) is 10.2 Å². The number of aryl methyl sites for hydroxylation is 1. The van der Waals surface area contributed by atoms with Crippen LogP contribution in [-0.4, -0.2) is 57.6 Å². The van der Waals surface area contributed by atoms with E-state index >= 15 is 0 Å². The Balaban J connectivity index is 2.15. The van der Waals surface area contributed by atoms with Crippen LogP contribution < -0.4 is 14.4 Å². The SMILES string of the molecule is CCCNC(=O)[C@@H](C)N(Cc1ccc(OC)cc1)C(=O)CCCN(c1ccc(CC)cc1)S(C)(=O)=O. The number of carbonyl (C=O) groups excluding carboxylic acids is 2. The van der Waals surface area contributed by atoms with Crippen molar-refractivity contribution in [3.05, 3.63) is 59.7 Å². The molecule has 36 heavy (non-hydrogen) atoms. The van der Waals surface area contributed by atoms with Crippen LogP contribution in [0.3, 0.4) is 0 Å². The molecule has 198 valence electrons. The van der Waals surface area contributed by atoms with Crippen molar-refractivity contribution in [2.75, 3.05) is 30.8 Å². The number of anilines is 1. The highest BCUT2D eigenvalue weighted by Crippen LogP contribution is 2.20. The van der Waals surface area contributed by atoms with Crippen LogP contribution in [0, 0.1) is 0 Å². The second-order valence-corrected chi connectivity index (χ2v) is 10.7. The summed E-state index contributed by atoms with van der Waals surface area (Å²) in [5, 5.41) is 2.86. The Labute approximate surface area is 215 Å². The maximum atomic E-state index is 13.3. The predicted octanol–water partition coefficient (Wildman–Crippen LogP) is 3.75. The smallest absolute Gasteiger partial charge is 0.242 e. The lowest BCUT2D eigenvalue weighted by Gasteiger charge is -2.29. The molecule has 0 radical (unpaired) electrons. The molecule has 2 rings (SSSR count). The molecule has 0 aliphatic heterocycles. The number of hydrogen-bond donors (Lipinski definition) is 1. The summed E-state index contributed by atoms with van der Waals surface area (Å²) < 4.78 is 31.4. The van der Waals surface area contributed by atoms with Crippen LogP contribution in [0.4, 0.5) is 5.69 Å². The molecule has 0 bridgehead atoms. The number of hydrogen-bond acceptors (Lipinski definition) is 5. The maximum absolute atomic E-state index is 13.3. The van der Waals surface area contributed by atoms with Crippen molar-refractivity contribution < 1.29 is 22.7 Å². The normalized spacial score (nSPS) is 12.0. The summed E-state index contributed by atoms with van der Waals surface area (Å²) in [5.41, 5.74) is 2.56. The Morgan fingerprint density at radius 3 is 2.14 bits per heavy atom. The van der Waals surface area contributed by atoms with Crippen molar-refractivity contribution >= 4 is 27.5 Å². The zero-order valence-corrected chi connectivity index (χ0v) is 22.8. The van der Waals surface area contributed by atoms with Gasteiger partial charge in [-0.2, -0.15) is 0 Å². The molecule has 0 fully saturated rings. The Hall–Kier alpha value is -3.07. The molecular weight excluding hydrogens is 478 g/mol. The van der Waals surface area contributed by atoms with Gasteiger partial charge < -0.3 is 15.0 Å². The summed E-state index contributed by atoms with van der Waals surface area (Å²) in [6, 6.07) is 14.1. The second kappa shape index (κ2) is 13.9. The van der Waals surface area contributed by atoms with Crippen LogP contribution >= 0.6 is 0 Å². The highest BCUT2D eigenvalue weighted by Gasteiger charge is 2.26. The standard InChI is InChI=1S/C27H39N3O5S/c1-6-18-28-27(32)21(3)29(20-23-12-16-25(35-4)17-13-23)26(31)9-8-19-30(36(5,33)34)24-14-10-22(7-2)11-15-24/h10-17,21H,6-9,18-20H2,1-5H3,(H,28,32)/t21-/m1/s1. The molecule has 2 aromatic rings. The molecule has 0 heterocycles. The van der Waals surface area contributed by atoms with Gasteiger partial charge in [-0.15, -0.1) is 0 Å². The molecule has 1 N–H and O–H groups in total. The molecule has 0 saturated carbocycles. The van der Waals surface area contributed by atoms with E-state index in [1.54, 1.807) is 31.1 Å². The van der Waals surface area contributed by atoms with E-state index in [-0.39, 0.29) is 31.3 Å². The Kier molecular flexibility index (Phi) is 11.2. The molecular formula is C27H39N3O5S. The van der Waals surface area contributed by atoms with E-state index in [0.29, 0.717) is 24.4 Å². The quantitative estimate of drug-likeness (QED) is 0.412. The van der Waals surface area contributed by atoms with E-state index in [9.17, 15) is 18.0 Å². The van der Waals surface area contributed by atoms with Gasteiger partial charge in [-0.25, -0.2) is 8.42 Å². The summed E-state index contributed by atoms with van der Waals surface area (Å²) in [6.45, 7) is 6.68. The number of rotatable bonds is 14. The number of nitrogens with one attached hydrogen (secondary N) is 1. The van der Waals surface area contributed by atoms with Crippen LogP contribution in [-0.2, 0) is 32.6 Å². The van der Waals surface area contributed by atoms with E-state index in [2.05, 4.69) is 5.32 Å². The monoisotopic (exact) mass is 517 g/mol. The maximum Gasteiger partial charge on any atom is 0.242 e. The number of carbonyl (C=O) groups is 2. The molecule has 0 saturated heterocycles. The molecule has 1 atom stereocenters. The zero-order chi connectivity index (χ0) is 26.7. The van der Waals surface area contributed by atoms with Crippen molar-refractivity contribution in [3.63, 3.8) is 0 Å². The van der Waals surface area contributed by atoms with Crippen LogP contribution in [0.15, 0.2) is 48.5 Å². The van der Waals surface area contributed by atoms with Gasteiger partial charge in [-0.05, 0) is 61.6 Å². The number of ether oxygens (including phenoxy) is 1. The fraction of sp³-hybridized carbons (Fsp3) is 0.481. The molecule has 0 aromatic heterocycles. The lowest BCUT2D eigenvalue weighted by Crippen LogP contribution is -2.47. The average molecular weight is 518 g/mol. The summed E-state index contributed by atoms with van der Waals surface area (Å²) in [6.07, 6.45) is 3.26. The van der Waals surface area contributed by atoms with Crippen molar-refractivity contribution in [1.29, 1.82) is 0 Å². The van der Waals surface area contributed by atoms with Gasteiger partial charge in [0, 0.05) is 26.1 Å². The summed E-state index contributed by atoms with van der Waals surface area (Å²) in [7, 11) is -1.93. The highest BCUT2D eigenvalue weighted by atomic mass is 32.2. The number of benzene rings is 2. The second-order valence-electron chi connectivity index (χ2n) is 8.80. The first kappa shape index (κ1) is 29.2. The van der Waals surface area contributed by atoms with Crippen molar-refractivity contribution in [3.8, 4) is 5.75 Å². The van der Waals surface area contributed by atoms with Gasteiger partial charge in [-0.1, -0.05) is 38.1 Å². The van der Waals surface area contributed by atoms with Crippen molar-refractivity contribution in [2.45, 2.75) is 59.0 Å². The Bertz CT molecular complexity index is 1090. The molecule has 0 aliphatic rings. The molecule has 9 heteroatoms. The van der Waals surface area contributed by atoms with Crippen molar-refractivity contribution in [2.24, 2.45) is 0 Å². The minimum Gasteiger partial charge on any atom is -0.497 e. The number of amides is 2. The summed E-state index contributed by atoms with van der Waals surface area (Å²) in [4.78, 5) is 27.5. The first-order valence-electron chi connectivity index (χ1n) is 12.4. The fourth-order valence-electron chi connectivity index (χ4n) is 3.81. The van der Waals surface area contributed by atoms with Gasteiger partial charge in [0.05, 0.1) is 19.1 Å². The zero-order valence-electron chi connectivity index (χ0n) is 22.0. The van der Waals surface area contributed by atoms with Gasteiger partial charge in [-0.3, -0.25) is 13.9 Å². The lowest BCUT2D eigenvalue weighted by atomic mass is 10.1.